The molecule has 0 aliphatic carbocycles. The Labute approximate surface area is 154 Å². The van der Waals surface area contributed by atoms with Gasteiger partial charge in [0, 0.05) is 17.2 Å². The summed E-state index contributed by atoms with van der Waals surface area (Å²) in [6.45, 7) is 9.57. The van der Waals surface area contributed by atoms with Crippen LogP contribution in [0.2, 0.25) is 0 Å². The lowest BCUT2D eigenvalue weighted by molar-refractivity contribution is -0.136. The van der Waals surface area contributed by atoms with Crippen LogP contribution in [0.4, 0.5) is 5.69 Å². The fourth-order valence-electron chi connectivity index (χ4n) is 4.08. The van der Waals surface area contributed by atoms with Crippen molar-refractivity contribution in [3.8, 4) is 0 Å². The number of fused-ring (bicyclic) bond motifs is 1. The largest absolute Gasteiger partial charge is 0.375 e. The van der Waals surface area contributed by atoms with E-state index >= 15 is 0 Å². The number of hydrogen-bond acceptors (Lipinski definition) is 3. The molecule has 0 fully saturated rings. The average molecular weight is 351 g/mol. The predicted molar refractivity (Wildman–Crippen MR) is 103 cm³/mol. The number of Topliss-reactive ketones (excluding diaryl/α,β-unsaturated/α-hetero) is 1. The maximum Gasteiger partial charge on any atom is 0.264 e. The van der Waals surface area contributed by atoms with Crippen molar-refractivity contribution in [2.75, 3.05) is 4.90 Å². The molecule has 4 heteroatoms. The first-order chi connectivity index (χ1) is 12.2. The number of amides is 1. The molecular weight excluding hydrogens is 326 g/mol. The molecule has 4 nitrogen and oxygen atoms in total. The second-order valence-electron chi connectivity index (χ2n) is 7.52. The summed E-state index contributed by atoms with van der Waals surface area (Å²) in [5.41, 5.74) is 2.79. The Morgan fingerprint density at radius 3 is 2.27 bits per heavy atom. The van der Waals surface area contributed by atoms with Crippen molar-refractivity contribution in [2.24, 2.45) is 0 Å². The fraction of sp³-hybridized carbons (Fsp3) is 0.364. The highest BCUT2D eigenvalue weighted by Gasteiger charge is 2.51. The van der Waals surface area contributed by atoms with Gasteiger partial charge >= 0.3 is 0 Å². The minimum absolute atomic E-state index is 0.101. The van der Waals surface area contributed by atoms with Gasteiger partial charge < -0.3 is 10.0 Å². The summed E-state index contributed by atoms with van der Waals surface area (Å²) >= 11 is 0. The number of aryl methyl sites for hydroxylation is 3. The van der Waals surface area contributed by atoms with E-state index in [-0.39, 0.29) is 18.2 Å². The Bertz CT molecular complexity index is 877. The highest BCUT2D eigenvalue weighted by Crippen LogP contribution is 2.44. The topological polar surface area (TPSA) is 57.6 Å². The Hall–Kier alpha value is -2.46. The zero-order chi connectivity index (χ0) is 19.2. The average Bonchev–Trinajstić information content (AvgIpc) is 2.74. The number of para-hydroxylation sites is 1. The summed E-state index contributed by atoms with van der Waals surface area (Å²) in [7, 11) is 0. The molecule has 136 valence electrons. The summed E-state index contributed by atoms with van der Waals surface area (Å²) in [4.78, 5) is 27.7. The maximum absolute atomic E-state index is 13.1. The molecule has 0 radical (unpaired) electrons. The molecule has 1 heterocycles. The zero-order valence-corrected chi connectivity index (χ0v) is 16.0. The molecule has 2 aromatic rings. The molecule has 0 saturated heterocycles. The highest BCUT2D eigenvalue weighted by molar-refractivity contribution is 6.11. The minimum Gasteiger partial charge on any atom is -0.375 e. The quantitative estimate of drug-likeness (QED) is 0.852. The second-order valence-corrected chi connectivity index (χ2v) is 7.52. The summed E-state index contributed by atoms with van der Waals surface area (Å²) in [6, 6.07) is 11.0. The van der Waals surface area contributed by atoms with Gasteiger partial charge in [0.1, 0.15) is 0 Å². The summed E-state index contributed by atoms with van der Waals surface area (Å²) in [6.07, 6.45) is -0.253. The number of anilines is 1. The Kier molecular flexibility index (Phi) is 4.49. The number of benzene rings is 2. The number of hydrogen-bond donors (Lipinski definition) is 1. The van der Waals surface area contributed by atoms with Crippen molar-refractivity contribution in [3.63, 3.8) is 0 Å². The molecule has 0 spiro atoms. The van der Waals surface area contributed by atoms with Gasteiger partial charge in [-0.25, -0.2) is 0 Å². The van der Waals surface area contributed by atoms with Crippen molar-refractivity contribution >= 4 is 17.4 Å². The Morgan fingerprint density at radius 2 is 1.69 bits per heavy atom. The normalized spacial score (nSPS) is 19.2. The molecule has 3 rings (SSSR count). The maximum atomic E-state index is 13.1. The first kappa shape index (κ1) is 18.3. The molecule has 1 amide bonds. The van der Waals surface area contributed by atoms with Gasteiger partial charge in [-0.3, -0.25) is 9.59 Å². The highest BCUT2D eigenvalue weighted by atomic mass is 16.3. The van der Waals surface area contributed by atoms with Crippen molar-refractivity contribution in [3.05, 3.63) is 64.2 Å². The van der Waals surface area contributed by atoms with Crippen LogP contribution in [0, 0.1) is 20.8 Å². The van der Waals surface area contributed by atoms with Gasteiger partial charge in [-0.05, 0) is 51.8 Å². The number of rotatable bonds is 4. The smallest absolute Gasteiger partial charge is 0.264 e. The van der Waals surface area contributed by atoms with Crippen molar-refractivity contribution < 1.29 is 14.7 Å². The van der Waals surface area contributed by atoms with E-state index in [4.69, 9.17) is 0 Å². The Balaban J connectivity index is 2.04. The molecule has 0 aromatic heterocycles. The van der Waals surface area contributed by atoms with Gasteiger partial charge in [0.2, 0.25) is 0 Å². The van der Waals surface area contributed by atoms with Gasteiger partial charge in [0.15, 0.2) is 11.4 Å². The molecule has 26 heavy (non-hydrogen) atoms. The number of ketones is 1. The van der Waals surface area contributed by atoms with E-state index in [1.807, 2.05) is 58.9 Å². The van der Waals surface area contributed by atoms with E-state index in [2.05, 4.69) is 0 Å². The van der Waals surface area contributed by atoms with Crippen LogP contribution in [0.15, 0.2) is 36.4 Å². The molecule has 0 bridgehead atoms. The first-order valence-electron chi connectivity index (χ1n) is 8.93. The molecule has 2 aromatic carbocycles. The summed E-state index contributed by atoms with van der Waals surface area (Å²) in [5, 5.41) is 11.3. The van der Waals surface area contributed by atoms with E-state index in [0.29, 0.717) is 16.8 Å². The predicted octanol–water partition coefficient (Wildman–Crippen LogP) is 3.83. The van der Waals surface area contributed by atoms with Crippen molar-refractivity contribution in [1.82, 2.24) is 0 Å². The first-order valence-corrected chi connectivity index (χ1v) is 8.93. The zero-order valence-electron chi connectivity index (χ0n) is 16.0. The van der Waals surface area contributed by atoms with Crippen LogP contribution in [0.3, 0.4) is 0 Å². The van der Waals surface area contributed by atoms with Crippen LogP contribution in [-0.4, -0.2) is 22.8 Å². The standard InChI is InChI=1S/C22H25NO3/c1-13(2)23-18-9-7-6-8-17(18)22(26,21(23)25)12-19(24)20-15(4)10-14(3)11-16(20)5/h6-11,13,26H,12H2,1-5H3. The number of carbonyl (C=O) groups excluding carboxylic acids is 2. The van der Waals surface area contributed by atoms with Gasteiger partial charge in [0.25, 0.3) is 5.91 Å². The number of nitrogens with zero attached hydrogens (tertiary/aromatic N) is 1. The van der Waals surface area contributed by atoms with Crippen LogP contribution < -0.4 is 4.90 Å². The molecule has 1 atom stereocenters. The van der Waals surface area contributed by atoms with Gasteiger partial charge in [-0.15, -0.1) is 0 Å². The van der Waals surface area contributed by atoms with Crippen LogP contribution in [0.1, 0.15) is 52.9 Å². The van der Waals surface area contributed by atoms with E-state index < -0.39 is 11.5 Å². The van der Waals surface area contributed by atoms with Crippen LogP contribution >= 0.6 is 0 Å². The Morgan fingerprint density at radius 1 is 1.12 bits per heavy atom. The third-order valence-corrected chi connectivity index (χ3v) is 5.07. The minimum atomic E-state index is -1.82. The summed E-state index contributed by atoms with van der Waals surface area (Å²) in [5.74, 6) is -0.638. The van der Waals surface area contributed by atoms with Gasteiger partial charge in [-0.2, -0.15) is 0 Å². The van der Waals surface area contributed by atoms with Crippen molar-refractivity contribution in [1.29, 1.82) is 0 Å². The monoisotopic (exact) mass is 351 g/mol. The molecule has 0 saturated carbocycles. The van der Waals surface area contributed by atoms with Crippen LogP contribution in [0.25, 0.3) is 0 Å². The lowest BCUT2D eigenvalue weighted by atomic mass is 9.85. The molecule has 1 N–H and O–H groups in total. The number of carbonyl (C=O) groups is 2. The van der Waals surface area contributed by atoms with Crippen LogP contribution in [-0.2, 0) is 10.4 Å². The van der Waals surface area contributed by atoms with E-state index in [1.165, 1.54) is 0 Å². The second kappa shape index (κ2) is 6.36. The van der Waals surface area contributed by atoms with Gasteiger partial charge in [0.05, 0.1) is 12.1 Å². The van der Waals surface area contributed by atoms with E-state index in [0.717, 1.165) is 16.7 Å². The third-order valence-electron chi connectivity index (χ3n) is 5.07. The fourth-order valence-corrected chi connectivity index (χ4v) is 4.08. The van der Waals surface area contributed by atoms with Crippen molar-refractivity contribution in [2.45, 2.75) is 52.7 Å². The van der Waals surface area contributed by atoms with E-state index in [1.54, 1.807) is 17.0 Å². The third kappa shape index (κ3) is 2.74. The van der Waals surface area contributed by atoms with Crippen LogP contribution in [0.5, 0.6) is 0 Å². The molecular formula is C22H25NO3. The SMILES string of the molecule is Cc1cc(C)c(C(=O)CC2(O)C(=O)N(C(C)C)c3ccccc32)c(C)c1. The van der Waals surface area contributed by atoms with E-state index in [9.17, 15) is 14.7 Å². The number of aliphatic hydroxyl groups is 1. The van der Waals surface area contributed by atoms with Gasteiger partial charge in [-0.1, -0.05) is 35.9 Å². The summed E-state index contributed by atoms with van der Waals surface area (Å²) < 4.78 is 0. The molecule has 1 aliphatic heterocycles. The molecule has 1 unspecified atom stereocenters. The molecule has 1 aliphatic rings. The lowest BCUT2D eigenvalue weighted by Crippen LogP contribution is -2.44. The lowest BCUT2D eigenvalue weighted by Gasteiger charge is -2.25.